The van der Waals surface area contributed by atoms with Crippen molar-refractivity contribution in [3.05, 3.63) is 0 Å². The van der Waals surface area contributed by atoms with E-state index in [4.69, 9.17) is 0 Å². The van der Waals surface area contributed by atoms with Crippen LogP contribution >= 0.6 is 0 Å². The summed E-state index contributed by atoms with van der Waals surface area (Å²) in [6, 6.07) is 0. The van der Waals surface area contributed by atoms with Crippen LogP contribution in [0.1, 0.15) is 46.5 Å². The van der Waals surface area contributed by atoms with Crippen molar-refractivity contribution in [2.45, 2.75) is 52.0 Å². The van der Waals surface area contributed by atoms with Crippen LogP contribution in [-0.2, 0) is 4.79 Å². The number of carbonyl (C=O) groups is 1. The first-order valence-electron chi connectivity index (χ1n) is 4.73. The molecule has 1 N–H and O–H groups in total. The van der Waals surface area contributed by atoms with Crippen LogP contribution in [0.5, 0.6) is 0 Å². The molecular weight excluding hydrogens is 150 g/mol. The molecule has 1 atom stereocenters. The molecule has 0 radical (unpaired) electrons. The van der Waals surface area contributed by atoms with Crippen molar-refractivity contribution in [3.8, 4) is 0 Å². The SMILES string of the molecule is CC1(C)CCCCC1(C)NC=O. The fourth-order valence-electron chi connectivity index (χ4n) is 2.06. The molecule has 0 heterocycles. The summed E-state index contributed by atoms with van der Waals surface area (Å²) in [5.41, 5.74) is 0.249. The first kappa shape index (κ1) is 9.56. The van der Waals surface area contributed by atoms with Crippen LogP contribution in [-0.4, -0.2) is 11.9 Å². The minimum atomic E-state index is 0.00694. The molecule has 12 heavy (non-hydrogen) atoms. The van der Waals surface area contributed by atoms with E-state index >= 15 is 0 Å². The Morgan fingerprint density at radius 2 is 1.75 bits per heavy atom. The van der Waals surface area contributed by atoms with Crippen LogP contribution in [0.2, 0.25) is 0 Å². The molecule has 1 amide bonds. The van der Waals surface area contributed by atoms with Crippen molar-refractivity contribution < 1.29 is 4.79 Å². The minimum Gasteiger partial charge on any atom is -0.353 e. The summed E-state index contributed by atoms with van der Waals surface area (Å²) in [4.78, 5) is 10.5. The Labute approximate surface area is 74.7 Å². The van der Waals surface area contributed by atoms with Gasteiger partial charge in [0.1, 0.15) is 0 Å². The summed E-state index contributed by atoms with van der Waals surface area (Å²) < 4.78 is 0. The van der Waals surface area contributed by atoms with Crippen molar-refractivity contribution in [2.75, 3.05) is 0 Å². The van der Waals surface area contributed by atoms with Gasteiger partial charge >= 0.3 is 0 Å². The van der Waals surface area contributed by atoms with Crippen LogP contribution < -0.4 is 5.32 Å². The molecule has 1 aliphatic carbocycles. The molecule has 1 aliphatic rings. The van der Waals surface area contributed by atoms with Gasteiger partial charge in [0.15, 0.2) is 0 Å². The van der Waals surface area contributed by atoms with E-state index in [-0.39, 0.29) is 11.0 Å². The monoisotopic (exact) mass is 169 g/mol. The van der Waals surface area contributed by atoms with Crippen molar-refractivity contribution in [2.24, 2.45) is 5.41 Å². The standard InChI is InChI=1S/C10H19NO/c1-9(2)6-4-5-7-10(9,3)11-8-12/h8H,4-7H2,1-3H3,(H,11,12). The predicted molar refractivity (Wildman–Crippen MR) is 49.9 cm³/mol. The van der Waals surface area contributed by atoms with Gasteiger partial charge in [-0.15, -0.1) is 0 Å². The summed E-state index contributed by atoms with van der Waals surface area (Å²) in [5.74, 6) is 0. The van der Waals surface area contributed by atoms with Gasteiger partial charge in [-0.25, -0.2) is 0 Å². The molecule has 0 saturated heterocycles. The summed E-state index contributed by atoms with van der Waals surface area (Å²) in [6.45, 7) is 6.63. The normalized spacial score (nSPS) is 34.2. The molecule has 1 rings (SSSR count). The molecule has 2 heteroatoms. The first-order valence-corrected chi connectivity index (χ1v) is 4.73. The number of nitrogens with one attached hydrogen (secondary N) is 1. The Kier molecular flexibility index (Phi) is 2.45. The number of hydrogen-bond donors (Lipinski definition) is 1. The van der Waals surface area contributed by atoms with Crippen molar-refractivity contribution in [3.63, 3.8) is 0 Å². The van der Waals surface area contributed by atoms with Crippen LogP contribution in [0.15, 0.2) is 0 Å². The van der Waals surface area contributed by atoms with Gasteiger partial charge < -0.3 is 5.32 Å². The van der Waals surface area contributed by atoms with Gasteiger partial charge in [-0.2, -0.15) is 0 Å². The quantitative estimate of drug-likeness (QED) is 0.630. The van der Waals surface area contributed by atoms with Crippen molar-refractivity contribution in [1.82, 2.24) is 5.32 Å². The molecular formula is C10H19NO. The van der Waals surface area contributed by atoms with Crippen LogP contribution in [0.4, 0.5) is 0 Å². The fourth-order valence-corrected chi connectivity index (χ4v) is 2.06. The lowest BCUT2D eigenvalue weighted by Crippen LogP contribution is -2.54. The van der Waals surface area contributed by atoms with Gasteiger partial charge in [0, 0.05) is 5.54 Å². The second-order valence-electron chi connectivity index (χ2n) is 4.69. The molecule has 0 spiro atoms. The smallest absolute Gasteiger partial charge is 0.207 e. The summed E-state index contributed by atoms with van der Waals surface area (Å²) in [7, 11) is 0. The average Bonchev–Trinajstić information content (AvgIpc) is 1.96. The summed E-state index contributed by atoms with van der Waals surface area (Å²) >= 11 is 0. The Hall–Kier alpha value is -0.530. The number of amides is 1. The molecule has 0 aromatic heterocycles. The van der Waals surface area contributed by atoms with Crippen LogP contribution in [0, 0.1) is 5.41 Å². The molecule has 70 valence electrons. The summed E-state index contributed by atoms with van der Waals surface area (Å²) in [6.07, 6.45) is 5.69. The Balaban J connectivity index is 2.76. The van der Waals surface area contributed by atoms with E-state index < -0.39 is 0 Å². The first-order chi connectivity index (χ1) is 5.52. The van der Waals surface area contributed by atoms with E-state index in [0.717, 1.165) is 12.8 Å². The van der Waals surface area contributed by atoms with E-state index in [0.29, 0.717) is 0 Å². The van der Waals surface area contributed by atoms with Gasteiger partial charge in [-0.1, -0.05) is 26.7 Å². The number of rotatable bonds is 2. The topological polar surface area (TPSA) is 29.1 Å². The third kappa shape index (κ3) is 1.47. The molecule has 0 bridgehead atoms. The Morgan fingerprint density at radius 1 is 1.17 bits per heavy atom. The van der Waals surface area contributed by atoms with E-state index in [1.807, 2.05) is 0 Å². The maximum atomic E-state index is 10.5. The molecule has 0 aromatic carbocycles. The largest absolute Gasteiger partial charge is 0.353 e. The third-order valence-corrected chi connectivity index (χ3v) is 3.60. The highest BCUT2D eigenvalue weighted by Crippen LogP contribution is 2.43. The third-order valence-electron chi connectivity index (χ3n) is 3.60. The molecule has 1 unspecified atom stereocenters. The highest BCUT2D eigenvalue weighted by atomic mass is 16.1. The highest BCUT2D eigenvalue weighted by molar-refractivity contribution is 5.48. The van der Waals surface area contributed by atoms with Crippen molar-refractivity contribution in [1.29, 1.82) is 0 Å². The molecule has 1 saturated carbocycles. The van der Waals surface area contributed by atoms with Crippen LogP contribution in [0.3, 0.4) is 0 Å². The van der Waals surface area contributed by atoms with E-state index in [9.17, 15) is 4.79 Å². The lowest BCUT2D eigenvalue weighted by Gasteiger charge is -2.47. The van der Waals surface area contributed by atoms with E-state index in [1.165, 1.54) is 19.3 Å². The lowest BCUT2D eigenvalue weighted by atomic mass is 9.64. The van der Waals surface area contributed by atoms with Crippen molar-refractivity contribution >= 4 is 6.41 Å². The lowest BCUT2D eigenvalue weighted by molar-refractivity contribution is -0.113. The maximum Gasteiger partial charge on any atom is 0.207 e. The molecule has 0 aromatic rings. The van der Waals surface area contributed by atoms with Gasteiger partial charge in [0.05, 0.1) is 0 Å². The zero-order valence-electron chi connectivity index (χ0n) is 8.31. The Bertz CT molecular complexity index is 177. The average molecular weight is 169 g/mol. The molecule has 0 aliphatic heterocycles. The van der Waals surface area contributed by atoms with Gasteiger partial charge in [0.25, 0.3) is 0 Å². The van der Waals surface area contributed by atoms with E-state index in [2.05, 4.69) is 26.1 Å². The molecule has 1 fully saturated rings. The minimum absolute atomic E-state index is 0.00694. The highest BCUT2D eigenvalue weighted by Gasteiger charge is 2.42. The second-order valence-corrected chi connectivity index (χ2v) is 4.69. The Morgan fingerprint density at radius 3 is 2.25 bits per heavy atom. The fraction of sp³-hybridized carbons (Fsp3) is 0.900. The van der Waals surface area contributed by atoms with Gasteiger partial charge in [-0.05, 0) is 25.2 Å². The van der Waals surface area contributed by atoms with E-state index in [1.54, 1.807) is 0 Å². The van der Waals surface area contributed by atoms with Crippen LogP contribution in [0.25, 0.3) is 0 Å². The van der Waals surface area contributed by atoms with Gasteiger partial charge in [-0.3, -0.25) is 4.79 Å². The zero-order chi connectivity index (χ0) is 9.24. The summed E-state index contributed by atoms with van der Waals surface area (Å²) in [5, 5.41) is 2.97. The predicted octanol–water partition coefficient (Wildman–Crippen LogP) is 2.09. The maximum absolute atomic E-state index is 10.5. The van der Waals surface area contributed by atoms with Gasteiger partial charge in [0.2, 0.25) is 6.41 Å². The second kappa shape index (κ2) is 3.08. The number of carbonyl (C=O) groups excluding carboxylic acids is 1. The number of hydrogen-bond acceptors (Lipinski definition) is 1. The zero-order valence-corrected chi connectivity index (χ0v) is 8.31. The molecule has 2 nitrogen and oxygen atoms in total.